The minimum absolute atomic E-state index is 0.178. The minimum atomic E-state index is -0.984. The molecule has 3 heterocycles. The SMILES string of the molecule is CN1CCC(Nc2nc(Nc3ccc(Oc4ccc(F)c(F)c4)cc3)c3c(=O)[nH]cc(Br)c3n2)CC1. The molecule has 0 radical (unpaired) electrons. The fourth-order valence-corrected chi connectivity index (χ4v) is 4.43. The molecule has 5 rings (SSSR count). The van der Waals surface area contributed by atoms with Crippen LogP contribution in [0.5, 0.6) is 11.5 Å². The number of hydrogen-bond acceptors (Lipinski definition) is 7. The first-order valence-electron chi connectivity index (χ1n) is 11.4. The Balaban J connectivity index is 1.41. The van der Waals surface area contributed by atoms with Crippen LogP contribution in [-0.4, -0.2) is 46.0 Å². The van der Waals surface area contributed by atoms with Gasteiger partial charge in [0.25, 0.3) is 5.56 Å². The van der Waals surface area contributed by atoms with Crippen LogP contribution >= 0.6 is 15.9 Å². The van der Waals surface area contributed by atoms with Gasteiger partial charge in [0, 0.05) is 24.0 Å². The number of nitrogens with zero attached hydrogens (tertiary/aromatic N) is 3. The van der Waals surface area contributed by atoms with Crippen molar-refractivity contribution in [2.24, 2.45) is 0 Å². The van der Waals surface area contributed by atoms with Gasteiger partial charge in [-0.3, -0.25) is 4.79 Å². The van der Waals surface area contributed by atoms with Crippen LogP contribution in [0.2, 0.25) is 0 Å². The van der Waals surface area contributed by atoms with Crippen molar-refractivity contribution in [3.8, 4) is 11.5 Å². The molecule has 2 aromatic heterocycles. The Labute approximate surface area is 213 Å². The summed E-state index contributed by atoms with van der Waals surface area (Å²) in [6.07, 6.45) is 3.50. The minimum Gasteiger partial charge on any atom is -0.457 e. The van der Waals surface area contributed by atoms with Crippen molar-refractivity contribution >= 4 is 44.3 Å². The lowest BCUT2D eigenvalue weighted by atomic mass is 10.1. The number of piperidine rings is 1. The Morgan fingerprint density at radius 3 is 2.50 bits per heavy atom. The zero-order valence-electron chi connectivity index (χ0n) is 19.3. The number of halogens is 3. The van der Waals surface area contributed by atoms with Crippen LogP contribution in [0.25, 0.3) is 10.9 Å². The van der Waals surface area contributed by atoms with Crippen molar-refractivity contribution in [3.63, 3.8) is 0 Å². The van der Waals surface area contributed by atoms with Crippen molar-refractivity contribution in [1.82, 2.24) is 19.9 Å². The third-order valence-corrected chi connectivity index (χ3v) is 6.59. The zero-order valence-corrected chi connectivity index (χ0v) is 20.9. The third-order valence-electron chi connectivity index (χ3n) is 5.99. The molecule has 1 saturated heterocycles. The maximum absolute atomic E-state index is 13.5. The lowest BCUT2D eigenvalue weighted by Crippen LogP contribution is -2.37. The van der Waals surface area contributed by atoms with Crippen LogP contribution in [-0.2, 0) is 0 Å². The van der Waals surface area contributed by atoms with Crippen LogP contribution in [0.4, 0.5) is 26.2 Å². The van der Waals surface area contributed by atoms with E-state index in [0.717, 1.165) is 38.1 Å². The number of likely N-dealkylation sites (tertiary alicyclic amines) is 1. The summed E-state index contributed by atoms with van der Waals surface area (Å²) >= 11 is 3.48. The lowest BCUT2D eigenvalue weighted by Gasteiger charge is -2.29. The molecule has 186 valence electrons. The highest BCUT2D eigenvalue weighted by atomic mass is 79.9. The summed E-state index contributed by atoms with van der Waals surface area (Å²) < 4.78 is 32.9. The first kappa shape index (κ1) is 24.1. The number of hydrogen-bond donors (Lipinski definition) is 3. The number of pyridine rings is 1. The summed E-state index contributed by atoms with van der Waals surface area (Å²) in [6.45, 7) is 1.97. The fraction of sp³-hybridized carbons (Fsp3) is 0.240. The molecule has 0 spiro atoms. The number of fused-ring (bicyclic) bond motifs is 1. The van der Waals surface area contributed by atoms with E-state index < -0.39 is 11.6 Å². The first-order chi connectivity index (χ1) is 17.4. The molecule has 4 aromatic rings. The molecule has 11 heteroatoms. The predicted molar refractivity (Wildman–Crippen MR) is 138 cm³/mol. The number of anilines is 3. The molecule has 8 nitrogen and oxygen atoms in total. The van der Waals surface area contributed by atoms with Crippen LogP contribution in [0.3, 0.4) is 0 Å². The van der Waals surface area contributed by atoms with Gasteiger partial charge in [0.1, 0.15) is 22.7 Å². The highest BCUT2D eigenvalue weighted by molar-refractivity contribution is 9.10. The van der Waals surface area contributed by atoms with Gasteiger partial charge >= 0.3 is 0 Å². The molecule has 1 aliphatic rings. The second-order valence-corrected chi connectivity index (χ2v) is 9.49. The fourth-order valence-electron chi connectivity index (χ4n) is 4.03. The standard InChI is InChI=1S/C25H23BrF2N6O2/c1-34-10-8-15(9-11-34)31-25-32-22-18(26)13-29-24(35)21(22)23(33-25)30-14-2-4-16(5-3-14)36-17-6-7-19(27)20(28)12-17/h2-7,12-13,15H,8-11H2,1H3,(H,29,35)(H2,30,31,32,33). The van der Waals surface area contributed by atoms with Crippen molar-refractivity contribution in [2.75, 3.05) is 30.8 Å². The lowest BCUT2D eigenvalue weighted by molar-refractivity contribution is 0.263. The Hall–Kier alpha value is -3.57. The Morgan fingerprint density at radius 1 is 1.06 bits per heavy atom. The Bertz CT molecular complexity index is 1460. The average molecular weight is 557 g/mol. The van der Waals surface area contributed by atoms with Gasteiger partial charge in [0.2, 0.25) is 5.95 Å². The number of ether oxygens (including phenoxy) is 1. The molecule has 2 aromatic carbocycles. The molecule has 36 heavy (non-hydrogen) atoms. The van der Waals surface area contributed by atoms with Gasteiger partial charge < -0.3 is 25.3 Å². The Morgan fingerprint density at radius 2 is 1.78 bits per heavy atom. The number of rotatable bonds is 6. The summed E-state index contributed by atoms with van der Waals surface area (Å²) in [5, 5.41) is 6.93. The third kappa shape index (κ3) is 5.31. The van der Waals surface area contributed by atoms with Gasteiger partial charge in [-0.05, 0) is 85.3 Å². The molecule has 1 aliphatic heterocycles. The number of H-pyrrole nitrogens is 1. The van der Waals surface area contributed by atoms with Crippen LogP contribution < -0.4 is 20.9 Å². The van der Waals surface area contributed by atoms with Gasteiger partial charge in [0.05, 0.1) is 9.99 Å². The summed E-state index contributed by atoms with van der Waals surface area (Å²) in [4.78, 5) is 26.9. The smallest absolute Gasteiger partial charge is 0.261 e. The van der Waals surface area contributed by atoms with E-state index in [1.54, 1.807) is 30.5 Å². The van der Waals surface area contributed by atoms with Crippen LogP contribution in [0, 0.1) is 11.6 Å². The van der Waals surface area contributed by atoms with E-state index in [1.807, 2.05) is 0 Å². The van der Waals surface area contributed by atoms with Gasteiger partial charge in [-0.25, -0.2) is 13.8 Å². The zero-order chi connectivity index (χ0) is 25.2. The molecular weight excluding hydrogens is 534 g/mol. The molecule has 1 fully saturated rings. The summed E-state index contributed by atoms with van der Waals surface area (Å²) in [5.74, 6) is -0.522. The normalized spacial score (nSPS) is 14.7. The van der Waals surface area contributed by atoms with Gasteiger partial charge in [-0.1, -0.05) is 0 Å². The van der Waals surface area contributed by atoms with E-state index in [2.05, 4.69) is 53.5 Å². The second kappa shape index (κ2) is 10.2. The van der Waals surface area contributed by atoms with Crippen LogP contribution in [0.15, 0.2) is 57.9 Å². The van der Waals surface area contributed by atoms with E-state index in [1.165, 1.54) is 6.07 Å². The van der Waals surface area contributed by atoms with Gasteiger partial charge in [0.15, 0.2) is 11.6 Å². The average Bonchev–Trinajstić information content (AvgIpc) is 2.86. The molecule has 0 aliphatic carbocycles. The largest absolute Gasteiger partial charge is 0.457 e. The summed E-state index contributed by atoms with van der Waals surface area (Å²) in [6, 6.07) is 10.4. The van der Waals surface area contributed by atoms with Crippen molar-refractivity contribution in [2.45, 2.75) is 18.9 Å². The van der Waals surface area contributed by atoms with E-state index in [4.69, 9.17) is 4.74 Å². The topological polar surface area (TPSA) is 95.2 Å². The maximum atomic E-state index is 13.5. The molecule has 0 saturated carbocycles. The second-order valence-electron chi connectivity index (χ2n) is 8.63. The highest BCUT2D eigenvalue weighted by Crippen LogP contribution is 2.29. The van der Waals surface area contributed by atoms with Gasteiger partial charge in [-0.2, -0.15) is 4.98 Å². The van der Waals surface area contributed by atoms with E-state index in [-0.39, 0.29) is 17.4 Å². The number of benzene rings is 2. The maximum Gasteiger partial charge on any atom is 0.261 e. The van der Waals surface area contributed by atoms with E-state index >= 15 is 0 Å². The predicted octanol–water partition coefficient (Wildman–Crippen LogP) is 5.40. The molecule has 0 unspecified atom stereocenters. The van der Waals surface area contributed by atoms with Gasteiger partial charge in [-0.15, -0.1) is 0 Å². The molecule has 0 bridgehead atoms. The quantitative estimate of drug-likeness (QED) is 0.292. The first-order valence-corrected chi connectivity index (χ1v) is 12.2. The summed E-state index contributed by atoms with van der Waals surface area (Å²) in [7, 11) is 2.10. The van der Waals surface area contributed by atoms with E-state index in [0.29, 0.717) is 38.6 Å². The molecular formula is C25H23BrF2N6O2. The van der Waals surface area contributed by atoms with Crippen molar-refractivity contribution in [3.05, 3.63) is 75.1 Å². The highest BCUT2D eigenvalue weighted by Gasteiger charge is 2.20. The van der Waals surface area contributed by atoms with E-state index in [9.17, 15) is 13.6 Å². The van der Waals surface area contributed by atoms with Crippen molar-refractivity contribution < 1.29 is 13.5 Å². The number of aromatic nitrogens is 3. The molecule has 3 N–H and O–H groups in total. The number of aromatic amines is 1. The number of nitrogens with one attached hydrogen (secondary N) is 3. The molecule has 0 atom stereocenters. The molecule has 0 amide bonds. The summed E-state index contributed by atoms with van der Waals surface area (Å²) in [5.41, 5.74) is 0.821. The monoisotopic (exact) mass is 556 g/mol. The Kier molecular flexibility index (Phi) is 6.84. The van der Waals surface area contributed by atoms with Crippen LogP contribution in [0.1, 0.15) is 12.8 Å². The van der Waals surface area contributed by atoms with Crippen molar-refractivity contribution in [1.29, 1.82) is 0 Å².